The molecule has 146 valence electrons. The molecule has 4 aromatic rings. The van der Waals surface area contributed by atoms with Gasteiger partial charge < -0.3 is 19.8 Å². The zero-order valence-corrected chi connectivity index (χ0v) is 15.6. The molecule has 0 aliphatic rings. The quantitative estimate of drug-likeness (QED) is 0.533. The number of oxazole rings is 1. The van der Waals surface area contributed by atoms with E-state index in [1.54, 1.807) is 25.6 Å². The Morgan fingerprint density at radius 2 is 2.03 bits per heavy atom. The minimum Gasteiger partial charge on any atom is -0.484 e. The van der Waals surface area contributed by atoms with Crippen LogP contribution in [-0.2, 0) is 13.2 Å². The highest BCUT2D eigenvalue weighted by atomic mass is 16.5. The van der Waals surface area contributed by atoms with Gasteiger partial charge in [-0.2, -0.15) is 0 Å². The van der Waals surface area contributed by atoms with Crippen LogP contribution in [0.5, 0.6) is 5.75 Å². The second-order valence-electron chi connectivity index (χ2n) is 6.38. The molecule has 3 aromatic heterocycles. The van der Waals surface area contributed by atoms with Gasteiger partial charge >= 0.3 is 0 Å². The number of nitrogens with zero attached hydrogens (tertiary/aromatic N) is 5. The van der Waals surface area contributed by atoms with Gasteiger partial charge in [-0.3, -0.25) is 9.78 Å². The molecule has 0 aliphatic heterocycles. The first-order valence-electron chi connectivity index (χ1n) is 8.82. The molecule has 9 heteroatoms. The van der Waals surface area contributed by atoms with Crippen LogP contribution < -0.4 is 10.5 Å². The molecule has 0 radical (unpaired) electrons. The molecule has 1 aromatic carbocycles. The van der Waals surface area contributed by atoms with Gasteiger partial charge in [0.05, 0.1) is 5.52 Å². The number of rotatable bonds is 6. The van der Waals surface area contributed by atoms with Crippen LogP contribution in [0.4, 0.5) is 5.95 Å². The van der Waals surface area contributed by atoms with Crippen LogP contribution in [0.25, 0.3) is 10.9 Å². The molecule has 2 N–H and O–H groups in total. The molecule has 0 spiro atoms. The Morgan fingerprint density at radius 1 is 1.21 bits per heavy atom. The van der Waals surface area contributed by atoms with Crippen molar-refractivity contribution in [3.05, 3.63) is 72.3 Å². The van der Waals surface area contributed by atoms with E-state index in [9.17, 15) is 4.79 Å². The van der Waals surface area contributed by atoms with E-state index in [2.05, 4.69) is 19.9 Å². The van der Waals surface area contributed by atoms with Crippen molar-refractivity contribution < 1.29 is 13.9 Å². The highest BCUT2D eigenvalue weighted by molar-refractivity contribution is 5.91. The number of amides is 1. The van der Waals surface area contributed by atoms with E-state index in [0.29, 0.717) is 18.2 Å². The van der Waals surface area contributed by atoms with Gasteiger partial charge in [-0.25, -0.2) is 15.0 Å². The first-order valence-corrected chi connectivity index (χ1v) is 8.82. The number of nitrogens with two attached hydrogens (primary N) is 1. The van der Waals surface area contributed by atoms with E-state index in [1.165, 1.54) is 11.2 Å². The largest absolute Gasteiger partial charge is 0.484 e. The molecule has 0 unspecified atom stereocenters. The molecule has 0 atom stereocenters. The van der Waals surface area contributed by atoms with Crippen molar-refractivity contribution in [3.8, 4) is 5.75 Å². The second-order valence-corrected chi connectivity index (χ2v) is 6.38. The van der Waals surface area contributed by atoms with E-state index >= 15 is 0 Å². The lowest BCUT2D eigenvalue weighted by Crippen LogP contribution is -2.26. The number of ether oxygens (including phenoxy) is 1. The number of aromatic nitrogens is 4. The monoisotopic (exact) mass is 390 g/mol. The number of carbonyl (C=O) groups is 1. The summed E-state index contributed by atoms with van der Waals surface area (Å²) in [5, 5.41) is 0.974. The van der Waals surface area contributed by atoms with Crippen molar-refractivity contribution in [2.24, 2.45) is 0 Å². The molecule has 0 saturated carbocycles. The number of pyridine rings is 1. The van der Waals surface area contributed by atoms with Crippen LogP contribution in [0.2, 0.25) is 0 Å². The average molecular weight is 390 g/mol. The summed E-state index contributed by atoms with van der Waals surface area (Å²) in [6.07, 6.45) is 6.22. The fourth-order valence-corrected chi connectivity index (χ4v) is 2.75. The topological polar surface area (TPSA) is 120 Å². The fraction of sp³-hybridized carbons (Fsp3) is 0.150. The van der Waals surface area contributed by atoms with Crippen LogP contribution in [0.15, 0.2) is 59.6 Å². The van der Waals surface area contributed by atoms with Gasteiger partial charge in [0, 0.05) is 43.1 Å². The summed E-state index contributed by atoms with van der Waals surface area (Å²) >= 11 is 0. The lowest BCUT2D eigenvalue weighted by atomic mass is 10.2. The third-order valence-corrected chi connectivity index (χ3v) is 4.20. The zero-order chi connectivity index (χ0) is 20.2. The Bertz CT molecular complexity index is 1140. The number of fused-ring (bicyclic) bond motifs is 1. The Kier molecular flexibility index (Phi) is 5.02. The molecular formula is C20H18N6O3. The molecule has 4 rings (SSSR count). The van der Waals surface area contributed by atoms with Crippen LogP contribution in [0.1, 0.15) is 21.9 Å². The summed E-state index contributed by atoms with van der Waals surface area (Å²) in [6, 6.07) is 9.42. The number of anilines is 1. The molecule has 9 nitrogen and oxygen atoms in total. The molecule has 0 aliphatic carbocycles. The highest BCUT2D eigenvalue weighted by Gasteiger charge is 2.17. The van der Waals surface area contributed by atoms with Crippen molar-refractivity contribution in [2.75, 3.05) is 12.8 Å². The van der Waals surface area contributed by atoms with Crippen molar-refractivity contribution in [1.29, 1.82) is 0 Å². The summed E-state index contributed by atoms with van der Waals surface area (Å²) in [4.78, 5) is 30.4. The lowest BCUT2D eigenvalue weighted by molar-refractivity contribution is 0.0779. The summed E-state index contributed by atoms with van der Waals surface area (Å²) in [5.74, 6) is 0.876. The van der Waals surface area contributed by atoms with E-state index in [0.717, 1.165) is 16.5 Å². The second kappa shape index (κ2) is 7.93. The maximum Gasteiger partial charge on any atom is 0.275 e. The van der Waals surface area contributed by atoms with Crippen LogP contribution >= 0.6 is 0 Å². The van der Waals surface area contributed by atoms with Gasteiger partial charge in [0.2, 0.25) is 11.8 Å². The van der Waals surface area contributed by atoms with E-state index in [1.807, 2.05) is 30.3 Å². The first-order chi connectivity index (χ1) is 14.1. The van der Waals surface area contributed by atoms with Gasteiger partial charge in [-0.1, -0.05) is 6.07 Å². The van der Waals surface area contributed by atoms with Crippen molar-refractivity contribution in [1.82, 2.24) is 24.8 Å². The fourth-order valence-electron chi connectivity index (χ4n) is 2.75. The smallest absolute Gasteiger partial charge is 0.275 e. The summed E-state index contributed by atoms with van der Waals surface area (Å²) in [7, 11) is 1.66. The van der Waals surface area contributed by atoms with E-state index < -0.39 is 0 Å². The van der Waals surface area contributed by atoms with Gasteiger partial charge in [0.25, 0.3) is 5.91 Å². The molecule has 0 bridgehead atoms. The molecule has 29 heavy (non-hydrogen) atoms. The minimum absolute atomic E-state index is 0.106. The van der Waals surface area contributed by atoms with E-state index in [4.69, 9.17) is 14.9 Å². The van der Waals surface area contributed by atoms with Crippen molar-refractivity contribution >= 4 is 22.8 Å². The van der Waals surface area contributed by atoms with Crippen LogP contribution in [0.3, 0.4) is 0 Å². The molecule has 0 fully saturated rings. The predicted molar refractivity (Wildman–Crippen MR) is 105 cm³/mol. The van der Waals surface area contributed by atoms with Gasteiger partial charge in [-0.15, -0.1) is 0 Å². The highest BCUT2D eigenvalue weighted by Crippen LogP contribution is 2.20. The SMILES string of the molecule is CN(Cc1cnc(N)nc1)C(=O)c1coc(COc2ccc3ncccc3c2)n1. The Labute approximate surface area is 166 Å². The summed E-state index contributed by atoms with van der Waals surface area (Å²) in [5.41, 5.74) is 7.31. The number of benzene rings is 1. The Hall–Kier alpha value is -4.01. The van der Waals surface area contributed by atoms with E-state index in [-0.39, 0.29) is 24.2 Å². The molecular weight excluding hydrogens is 372 g/mol. The number of nitrogen functional groups attached to an aromatic ring is 1. The minimum atomic E-state index is -0.284. The first kappa shape index (κ1) is 18.4. The normalized spacial score (nSPS) is 10.8. The zero-order valence-electron chi connectivity index (χ0n) is 15.6. The molecule has 1 amide bonds. The number of hydrogen-bond acceptors (Lipinski definition) is 8. The lowest BCUT2D eigenvalue weighted by Gasteiger charge is -2.15. The van der Waals surface area contributed by atoms with Gasteiger partial charge in [-0.05, 0) is 24.3 Å². The predicted octanol–water partition coefficient (Wildman–Crippen LogP) is 2.45. The Morgan fingerprint density at radius 3 is 2.86 bits per heavy atom. The average Bonchev–Trinajstić information content (AvgIpc) is 3.22. The standard InChI is InChI=1S/C20H18N6O3/c1-26(10-13-8-23-20(21)24-9-13)19(27)17-11-29-18(25-17)12-28-15-4-5-16-14(7-15)3-2-6-22-16/h2-9,11H,10,12H2,1H3,(H2,21,23,24). The Balaban J connectivity index is 1.37. The maximum atomic E-state index is 12.5. The molecule has 3 heterocycles. The maximum absolute atomic E-state index is 12.5. The van der Waals surface area contributed by atoms with Gasteiger partial charge in [0.15, 0.2) is 12.3 Å². The third kappa shape index (κ3) is 4.29. The summed E-state index contributed by atoms with van der Waals surface area (Å²) < 4.78 is 11.1. The molecule has 0 saturated heterocycles. The van der Waals surface area contributed by atoms with Gasteiger partial charge in [0.1, 0.15) is 12.0 Å². The number of carbonyl (C=O) groups excluding carboxylic acids is 1. The third-order valence-electron chi connectivity index (χ3n) is 4.20. The van der Waals surface area contributed by atoms with Crippen molar-refractivity contribution in [2.45, 2.75) is 13.2 Å². The van der Waals surface area contributed by atoms with Crippen LogP contribution in [0, 0.1) is 0 Å². The summed E-state index contributed by atoms with van der Waals surface area (Å²) in [6.45, 7) is 0.428. The van der Waals surface area contributed by atoms with Crippen LogP contribution in [-0.4, -0.2) is 37.8 Å². The van der Waals surface area contributed by atoms with Crippen molar-refractivity contribution in [3.63, 3.8) is 0 Å². The number of hydrogen-bond donors (Lipinski definition) is 1.